The normalized spacial score (nSPS) is 6.55. The summed E-state index contributed by atoms with van der Waals surface area (Å²) in [4.78, 5) is 0. The maximum atomic E-state index is 8.79. The molecule has 0 fully saturated rings. The minimum Gasteiger partial charge on any atom is -0.506 e. The third-order valence-corrected chi connectivity index (χ3v) is 0.937. The van der Waals surface area contributed by atoms with Crippen LogP contribution in [-0.4, -0.2) is 10.6 Å². The van der Waals surface area contributed by atoms with Gasteiger partial charge in [0.25, 0.3) is 0 Å². The number of benzene rings is 1. The number of phenolic OH excluding ortho intramolecular Hbond substituents is 1. The van der Waals surface area contributed by atoms with Crippen molar-refractivity contribution in [2.24, 2.45) is 0 Å². The van der Waals surface area contributed by atoms with Crippen molar-refractivity contribution in [1.82, 2.24) is 0 Å². The minimum absolute atomic E-state index is 0. The van der Waals surface area contributed by atoms with Crippen LogP contribution in [-0.2, 0) is 51.3 Å². The van der Waals surface area contributed by atoms with Gasteiger partial charge in [0.2, 0.25) is 0 Å². The SMILES string of the molecule is Nc1ccccc1O.O.[V].[Y]. The maximum Gasteiger partial charge on any atom is 0.138 e. The number of rotatable bonds is 0. The van der Waals surface area contributed by atoms with E-state index in [1.54, 1.807) is 24.3 Å². The number of aromatic hydroxyl groups is 1. The van der Waals surface area contributed by atoms with Crippen LogP contribution in [0.3, 0.4) is 0 Å². The van der Waals surface area contributed by atoms with Crippen LogP contribution in [0.15, 0.2) is 24.3 Å². The summed E-state index contributed by atoms with van der Waals surface area (Å²) >= 11 is 0. The van der Waals surface area contributed by atoms with E-state index in [1.807, 2.05) is 0 Å². The summed E-state index contributed by atoms with van der Waals surface area (Å²) in [6.45, 7) is 0. The van der Waals surface area contributed by atoms with Crippen molar-refractivity contribution in [3.8, 4) is 5.75 Å². The fourth-order valence-corrected chi connectivity index (χ4v) is 0.488. The van der Waals surface area contributed by atoms with Crippen molar-refractivity contribution >= 4 is 5.69 Å². The molecule has 1 aromatic rings. The van der Waals surface area contributed by atoms with Gasteiger partial charge in [0.05, 0.1) is 5.69 Å². The molecule has 11 heavy (non-hydrogen) atoms. The Hall–Kier alpha value is 0.468. The monoisotopic (exact) mass is 267 g/mol. The number of hydrogen-bond acceptors (Lipinski definition) is 2. The van der Waals surface area contributed by atoms with Gasteiger partial charge in [0, 0.05) is 51.3 Å². The van der Waals surface area contributed by atoms with E-state index in [-0.39, 0.29) is 62.5 Å². The van der Waals surface area contributed by atoms with Crippen LogP contribution < -0.4 is 5.73 Å². The zero-order valence-corrected chi connectivity index (χ0v) is 10.1. The van der Waals surface area contributed by atoms with Gasteiger partial charge in [-0.05, 0) is 12.1 Å². The number of hydrogen-bond donors (Lipinski definition) is 2. The molecule has 0 aliphatic rings. The molecule has 5 N–H and O–H groups in total. The Morgan fingerprint density at radius 3 is 1.91 bits per heavy atom. The topological polar surface area (TPSA) is 77.8 Å². The molecule has 0 bridgehead atoms. The van der Waals surface area contributed by atoms with Gasteiger partial charge in [0.15, 0.2) is 0 Å². The largest absolute Gasteiger partial charge is 0.506 e. The molecule has 0 aliphatic carbocycles. The fraction of sp³-hybridized carbons (Fsp3) is 0. The van der Waals surface area contributed by atoms with Gasteiger partial charge < -0.3 is 16.3 Å². The molecule has 0 aliphatic heterocycles. The summed E-state index contributed by atoms with van der Waals surface area (Å²) in [5.74, 6) is 0.146. The van der Waals surface area contributed by atoms with E-state index < -0.39 is 0 Å². The molecule has 0 saturated carbocycles. The molecule has 58 valence electrons. The van der Waals surface area contributed by atoms with Gasteiger partial charge in [-0.15, -0.1) is 0 Å². The molecular weight excluding hydrogens is 258 g/mol. The van der Waals surface area contributed by atoms with E-state index in [9.17, 15) is 0 Å². The number of nitrogens with two attached hydrogens (primary N) is 1. The van der Waals surface area contributed by atoms with E-state index in [0.717, 1.165) is 0 Å². The summed E-state index contributed by atoms with van der Waals surface area (Å²) in [6.07, 6.45) is 0. The van der Waals surface area contributed by atoms with Crippen molar-refractivity contribution in [2.75, 3.05) is 5.73 Å². The van der Waals surface area contributed by atoms with Crippen LogP contribution in [0.4, 0.5) is 5.69 Å². The summed E-state index contributed by atoms with van der Waals surface area (Å²) in [6, 6.07) is 6.70. The smallest absolute Gasteiger partial charge is 0.138 e. The molecule has 0 heterocycles. The third kappa shape index (κ3) is 5.71. The minimum atomic E-state index is 0. The van der Waals surface area contributed by atoms with E-state index in [1.165, 1.54) is 0 Å². The third-order valence-electron chi connectivity index (χ3n) is 0.937. The first-order valence-corrected chi connectivity index (χ1v) is 2.34. The molecule has 1 aromatic carbocycles. The second kappa shape index (κ2) is 8.56. The van der Waals surface area contributed by atoms with Gasteiger partial charge in [-0.2, -0.15) is 0 Å². The van der Waals surface area contributed by atoms with E-state index in [0.29, 0.717) is 5.69 Å². The van der Waals surface area contributed by atoms with Crippen LogP contribution in [0, 0.1) is 0 Å². The first-order valence-electron chi connectivity index (χ1n) is 2.34. The number of phenols is 1. The Bertz CT molecular complexity index is 177. The van der Waals surface area contributed by atoms with Gasteiger partial charge in [-0.1, -0.05) is 12.1 Å². The molecule has 0 atom stereocenters. The predicted octanol–water partition coefficient (Wildman–Crippen LogP) is 0.145. The Kier molecular flexibility index (Phi) is 13.6. The van der Waals surface area contributed by atoms with Crippen molar-refractivity contribution in [3.63, 3.8) is 0 Å². The van der Waals surface area contributed by atoms with Crippen molar-refractivity contribution < 1.29 is 61.8 Å². The first kappa shape index (κ1) is 17.5. The maximum absolute atomic E-state index is 8.79. The molecule has 3 nitrogen and oxygen atoms in total. The Morgan fingerprint density at radius 1 is 1.18 bits per heavy atom. The summed E-state index contributed by atoms with van der Waals surface area (Å²) in [5.41, 5.74) is 5.69. The molecule has 0 saturated heterocycles. The molecule has 0 spiro atoms. The van der Waals surface area contributed by atoms with Crippen LogP contribution in [0.25, 0.3) is 0 Å². The molecular formula is C6H9NO2VY. The quantitative estimate of drug-likeness (QED) is 0.518. The molecule has 0 unspecified atom stereocenters. The summed E-state index contributed by atoms with van der Waals surface area (Å²) in [5, 5.41) is 8.79. The second-order valence-electron chi connectivity index (χ2n) is 1.56. The van der Waals surface area contributed by atoms with E-state index >= 15 is 0 Å². The fourth-order valence-electron chi connectivity index (χ4n) is 0.488. The van der Waals surface area contributed by atoms with Crippen molar-refractivity contribution in [1.29, 1.82) is 0 Å². The van der Waals surface area contributed by atoms with Gasteiger partial charge in [0.1, 0.15) is 5.75 Å². The molecule has 0 amide bonds. The Balaban J connectivity index is -0.000000213. The molecule has 5 heteroatoms. The van der Waals surface area contributed by atoms with Gasteiger partial charge in [-0.3, -0.25) is 0 Å². The van der Waals surface area contributed by atoms with Gasteiger partial charge >= 0.3 is 0 Å². The molecule has 1 rings (SSSR count). The Morgan fingerprint density at radius 2 is 1.64 bits per heavy atom. The number of para-hydroxylation sites is 2. The first-order chi connectivity index (χ1) is 3.80. The Labute approximate surface area is 102 Å². The summed E-state index contributed by atoms with van der Waals surface area (Å²) in [7, 11) is 0. The van der Waals surface area contributed by atoms with Crippen LogP contribution in [0.2, 0.25) is 0 Å². The number of nitrogen functional groups attached to an aromatic ring is 1. The van der Waals surface area contributed by atoms with Crippen LogP contribution in [0.5, 0.6) is 5.75 Å². The van der Waals surface area contributed by atoms with E-state index in [2.05, 4.69) is 0 Å². The van der Waals surface area contributed by atoms with E-state index in [4.69, 9.17) is 10.8 Å². The number of anilines is 1. The van der Waals surface area contributed by atoms with Crippen LogP contribution >= 0.6 is 0 Å². The average Bonchev–Trinajstić information content (AvgIpc) is 1.77. The van der Waals surface area contributed by atoms with Crippen molar-refractivity contribution in [3.05, 3.63) is 24.3 Å². The standard InChI is InChI=1S/C6H7NO.H2O.V.Y/c7-5-3-1-2-4-6(5)8;;;/h1-4,8H,7H2;1H2;;. The van der Waals surface area contributed by atoms with Crippen LogP contribution in [0.1, 0.15) is 0 Å². The zero-order valence-electron chi connectivity index (χ0n) is 5.86. The average molecular weight is 267 g/mol. The van der Waals surface area contributed by atoms with Gasteiger partial charge in [-0.25, -0.2) is 0 Å². The second-order valence-corrected chi connectivity index (χ2v) is 1.56. The van der Waals surface area contributed by atoms with Crippen molar-refractivity contribution in [2.45, 2.75) is 0 Å². The predicted molar refractivity (Wildman–Crippen MR) is 36.1 cm³/mol. The zero-order chi connectivity index (χ0) is 5.98. The summed E-state index contributed by atoms with van der Waals surface area (Å²) < 4.78 is 0. The molecule has 2 radical (unpaired) electrons. The molecule has 0 aromatic heterocycles.